The minimum absolute atomic E-state index is 0.189. The molecule has 0 spiro atoms. The summed E-state index contributed by atoms with van der Waals surface area (Å²) in [5, 5.41) is -0.526. The van der Waals surface area contributed by atoms with E-state index < -0.39 is 23.7 Å². The molecule has 2 amide bonds. The normalized spacial score (nSPS) is 14.9. The Hall–Kier alpha value is -2.78. The number of methoxy groups -OCH3 is 1. The minimum atomic E-state index is -0.636. The third-order valence-corrected chi connectivity index (χ3v) is 5.78. The molecule has 0 aliphatic carbocycles. The Morgan fingerprint density at radius 2 is 1.88 bits per heavy atom. The van der Waals surface area contributed by atoms with Crippen LogP contribution in [0, 0.1) is 0 Å². The van der Waals surface area contributed by atoms with Gasteiger partial charge in [0.05, 0.1) is 18.1 Å². The van der Waals surface area contributed by atoms with Crippen LogP contribution >= 0.6 is 27.7 Å². The van der Waals surface area contributed by atoms with Gasteiger partial charge in [0, 0.05) is 10.0 Å². The van der Waals surface area contributed by atoms with Crippen molar-refractivity contribution in [2.75, 3.05) is 13.7 Å². The highest BCUT2D eigenvalue weighted by molar-refractivity contribution is 9.10. The molecule has 2 aromatic carbocycles. The fourth-order valence-corrected chi connectivity index (χ4v) is 4.00. The van der Waals surface area contributed by atoms with Crippen molar-refractivity contribution in [3.05, 3.63) is 63.0 Å². The minimum Gasteiger partial charge on any atom is -0.493 e. The van der Waals surface area contributed by atoms with Crippen LogP contribution in [0.1, 0.15) is 25.0 Å². The number of hydrogen-bond acceptors (Lipinski definition) is 7. The molecule has 168 valence electrons. The number of para-hydroxylation sites is 1. The van der Waals surface area contributed by atoms with Gasteiger partial charge in [-0.2, -0.15) is 0 Å². The molecule has 7 nitrogen and oxygen atoms in total. The number of halogens is 1. The number of amides is 2. The number of carbonyl (C=O) groups excluding carboxylic acids is 3. The summed E-state index contributed by atoms with van der Waals surface area (Å²) in [6.45, 7) is 3.26. The van der Waals surface area contributed by atoms with Crippen molar-refractivity contribution in [1.82, 2.24) is 4.90 Å². The van der Waals surface area contributed by atoms with Gasteiger partial charge in [-0.3, -0.25) is 19.3 Å². The van der Waals surface area contributed by atoms with Crippen LogP contribution in [0.15, 0.2) is 51.8 Å². The summed E-state index contributed by atoms with van der Waals surface area (Å²) in [4.78, 5) is 38.0. The second kappa shape index (κ2) is 10.7. The molecule has 0 aromatic heterocycles. The number of thioether (sulfide) groups is 1. The van der Waals surface area contributed by atoms with Gasteiger partial charge in [0.2, 0.25) is 0 Å². The molecule has 0 atom stereocenters. The summed E-state index contributed by atoms with van der Waals surface area (Å²) < 4.78 is 17.4. The Morgan fingerprint density at radius 1 is 1.16 bits per heavy atom. The molecular formula is C23H22BrNO6S. The van der Waals surface area contributed by atoms with Crippen molar-refractivity contribution < 1.29 is 28.6 Å². The average Bonchev–Trinajstić information content (AvgIpc) is 3.00. The number of ether oxygens (including phenoxy) is 3. The van der Waals surface area contributed by atoms with Crippen LogP contribution in [0.2, 0.25) is 0 Å². The van der Waals surface area contributed by atoms with Gasteiger partial charge < -0.3 is 14.2 Å². The second-order valence-corrected chi connectivity index (χ2v) is 9.01. The van der Waals surface area contributed by atoms with Crippen molar-refractivity contribution in [1.29, 1.82) is 0 Å². The zero-order chi connectivity index (χ0) is 23.3. The topological polar surface area (TPSA) is 82.1 Å². The predicted molar refractivity (Wildman–Crippen MR) is 125 cm³/mol. The van der Waals surface area contributed by atoms with Gasteiger partial charge in [0.1, 0.15) is 13.2 Å². The van der Waals surface area contributed by atoms with Crippen LogP contribution in [0.25, 0.3) is 6.08 Å². The molecule has 32 heavy (non-hydrogen) atoms. The first-order chi connectivity index (χ1) is 15.3. The van der Waals surface area contributed by atoms with Gasteiger partial charge in [-0.1, -0.05) is 40.2 Å². The Morgan fingerprint density at radius 3 is 2.53 bits per heavy atom. The molecule has 2 aromatic rings. The zero-order valence-electron chi connectivity index (χ0n) is 17.8. The Labute approximate surface area is 198 Å². The van der Waals surface area contributed by atoms with Crippen LogP contribution in [-0.4, -0.2) is 41.8 Å². The molecule has 1 aliphatic rings. The van der Waals surface area contributed by atoms with Crippen molar-refractivity contribution in [3.63, 3.8) is 0 Å². The van der Waals surface area contributed by atoms with E-state index in [4.69, 9.17) is 14.2 Å². The van der Waals surface area contributed by atoms with E-state index in [0.717, 1.165) is 26.7 Å². The summed E-state index contributed by atoms with van der Waals surface area (Å²) >= 11 is 4.17. The van der Waals surface area contributed by atoms with E-state index in [1.807, 2.05) is 24.3 Å². The first kappa shape index (κ1) is 23.9. The lowest BCUT2D eigenvalue weighted by Gasteiger charge is -2.14. The van der Waals surface area contributed by atoms with E-state index in [9.17, 15) is 14.4 Å². The Bertz CT molecular complexity index is 1050. The molecule has 0 unspecified atom stereocenters. The summed E-state index contributed by atoms with van der Waals surface area (Å²) in [5.41, 5.74) is 1.53. The van der Waals surface area contributed by atoms with Gasteiger partial charge >= 0.3 is 5.97 Å². The third kappa shape index (κ3) is 5.92. The lowest BCUT2D eigenvalue weighted by atomic mass is 10.1. The van der Waals surface area contributed by atoms with Gasteiger partial charge in [-0.05, 0) is 55.4 Å². The van der Waals surface area contributed by atoms with E-state index in [1.165, 1.54) is 7.11 Å². The molecule has 0 bridgehead atoms. The standard InChI is InChI=1S/C23H22BrNO6S/c1-14(2)31-20(26)12-25-22(27)19(32-23(25)28)11-16-5-4-6-18(29-3)21(16)30-13-15-7-9-17(24)10-8-15/h4-11,14H,12-13H2,1-3H3/b19-11-. The van der Waals surface area contributed by atoms with Gasteiger partial charge in [-0.25, -0.2) is 0 Å². The summed E-state index contributed by atoms with van der Waals surface area (Å²) in [5.74, 6) is -0.245. The average molecular weight is 520 g/mol. The van der Waals surface area contributed by atoms with Crippen molar-refractivity contribution in [3.8, 4) is 11.5 Å². The molecule has 1 fully saturated rings. The molecule has 0 radical (unpaired) electrons. The van der Waals surface area contributed by atoms with Gasteiger partial charge in [0.15, 0.2) is 11.5 Å². The summed E-state index contributed by atoms with van der Waals surface area (Å²) in [6, 6.07) is 13.0. The monoisotopic (exact) mass is 519 g/mol. The highest BCUT2D eigenvalue weighted by Crippen LogP contribution is 2.37. The number of esters is 1. The number of nitrogens with zero attached hydrogens (tertiary/aromatic N) is 1. The molecule has 0 N–H and O–H groups in total. The van der Waals surface area contributed by atoms with Gasteiger partial charge in [0.25, 0.3) is 11.1 Å². The largest absolute Gasteiger partial charge is 0.493 e. The summed E-state index contributed by atoms with van der Waals surface area (Å²) in [7, 11) is 1.53. The van der Waals surface area contributed by atoms with Crippen molar-refractivity contribution >= 4 is 50.9 Å². The number of benzene rings is 2. The van der Waals surface area contributed by atoms with Crippen molar-refractivity contribution in [2.24, 2.45) is 0 Å². The smallest absolute Gasteiger partial charge is 0.326 e. The number of imide groups is 1. The van der Waals surface area contributed by atoms with Crippen LogP contribution in [0.3, 0.4) is 0 Å². The lowest BCUT2D eigenvalue weighted by molar-refractivity contribution is -0.149. The lowest BCUT2D eigenvalue weighted by Crippen LogP contribution is -2.35. The third-order valence-electron chi connectivity index (χ3n) is 4.34. The number of carbonyl (C=O) groups is 3. The van der Waals surface area contributed by atoms with Crippen LogP contribution in [-0.2, 0) is 20.9 Å². The molecule has 1 saturated heterocycles. The van der Waals surface area contributed by atoms with Crippen molar-refractivity contribution in [2.45, 2.75) is 26.6 Å². The van der Waals surface area contributed by atoms with E-state index in [0.29, 0.717) is 17.1 Å². The quantitative estimate of drug-likeness (QED) is 0.357. The molecule has 3 rings (SSSR count). The Balaban J connectivity index is 1.82. The van der Waals surface area contributed by atoms with E-state index in [-0.39, 0.29) is 17.6 Å². The zero-order valence-corrected chi connectivity index (χ0v) is 20.2. The van der Waals surface area contributed by atoms with E-state index in [2.05, 4.69) is 15.9 Å². The van der Waals surface area contributed by atoms with E-state index >= 15 is 0 Å². The SMILES string of the molecule is COc1cccc(/C=C2\SC(=O)N(CC(=O)OC(C)C)C2=O)c1OCc1ccc(Br)cc1. The second-order valence-electron chi connectivity index (χ2n) is 7.10. The molecular weight excluding hydrogens is 498 g/mol. The van der Waals surface area contributed by atoms with Crippen LogP contribution < -0.4 is 9.47 Å². The maximum atomic E-state index is 12.8. The maximum Gasteiger partial charge on any atom is 0.326 e. The molecule has 1 heterocycles. The van der Waals surface area contributed by atoms with Crippen LogP contribution in [0.4, 0.5) is 4.79 Å². The van der Waals surface area contributed by atoms with E-state index in [1.54, 1.807) is 38.1 Å². The van der Waals surface area contributed by atoms with Gasteiger partial charge in [-0.15, -0.1) is 0 Å². The van der Waals surface area contributed by atoms with Crippen LogP contribution in [0.5, 0.6) is 11.5 Å². The fraction of sp³-hybridized carbons (Fsp3) is 0.261. The Kier molecular flexibility index (Phi) is 7.98. The first-order valence-corrected chi connectivity index (χ1v) is 11.4. The molecule has 9 heteroatoms. The predicted octanol–water partition coefficient (Wildman–Crippen LogP) is 5.02. The number of rotatable bonds is 8. The number of hydrogen-bond donors (Lipinski definition) is 0. The fourth-order valence-electron chi connectivity index (χ4n) is 2.90. The summed E-state index contributed by atoms with van der Waals surface area (Å²) in [6.07, 6.45) is 1.23. The highest BCUT2D eigenvalue weighted by Gasteiger charge is 2.37. The highest BCUT2D eigenvalue weighted by atomic mass is 79.9. The molecule has 0 saturated carbocycles. The maximum absolute atomic E-state index is 12.8. The molecule has 1 aliphatic heterocycles. The first-order valence-electron chi connectivity index (χ1n) is 9.77.